The van der Waals surface area contributed by atoms with E-state index in [9.17, 15) is 4.79 Å². The molecule has 0 unspecified atom stereocenters. The third-order valence-electron chi connectivity index (χ3n) is 6.06. The maximum Gasteiger partial charge on any atom is 0.294 e. The predicted molar refractivity (Wildman–Crippen MR) is 113 cm³/mol. The zero-order chi connectivity index (χ0) is 20.1. The van der Waals surface area contributed by atoms with E-state index in [-0.39, 0.29) is 5.91 Å². The second-order valence-electron chi connectivity index (χ2n) is 8.17. The normalized spacial score (nSPS) is 17.1. The van der Waals surface area contributed by atoms with Gasteiger partial charge in [-0.25, -0.2) is 15.0 Å². The highest BCUT2D eigenvalue weighted by molar-refractivity contribution is 6.10. The van der Waals surface area contributed by atoms with Gasteiger partial charge in [0.15, 0.2) is 0 Å². The van der Waals surface area contributed by atoms with Gasteiger partial charge in [-0.05, 0) is 49.8 Å². The molecule has 4 aromatic rings. The Kier molecular flexibility index (Phi) is 4.09. The molecule has 152 valence electrons. The Labute approximate surface area is 173 Å². The molecule has 1 amide bonds. The fraction of sp³-hybridized carbons (Fsp3) is 0.348. The molecule has 7 heteroatoms. The molecule has 1 saturated carbocycles. The molecule has 6 rings (SSSR count). The first-order valence-corrected chi connectivity index (χ1v) is 10.7. The topological polar surface area (TPSA) is 65.2 Å². The first-order chi connectivity index (χ1) is 14.8. The fourth-order valence-corrected chi connectivity index (χ4v) is 4.41. The van der Waals surface area contributed by atoms with Gasteiger partial charge in [-0.2, -0.15) is 0 Å². The van der Waals surface area contributed by atoms with Crippen molar-refractivity contribution in [3.8, 4) is 5.95 Å². The molecule has 0 radical (unpaired) electrons. The minimum Gasteiger partial charge on any atom is -0.339 e. The second kappa shape index (κ2) is 6.95. The molecular formula is C23H23N5O2. The van der Waals surface area contributed by atoms with Gasteiger partial charge in [-0.1, -0.05) is 18.2 Å². The molecule has 4 heterocycles. The number of carbonyl (C=O) groups excluding carboxylic acids is 1. The van der Waals surface area contributed by atoms with Crippen molar-refractivity contribution in [3.63, 3.8) is 0 Å². The Morgan fingerprint density at radius 2 is 1.90 bits per heavy atom. The number of rotatable bonds is 4. The first kappa shape index (κ1) is 17.7. The van der Waals surface area contributed by atoms with Gasteiger partial charge in [0.1, 0.15) is 5.69 Å². The monoisotopic (exact) mass is 401 g/mol. The summed E-state index contributed by atoms with van der Waals surface area (Å²) in [5.41, 5.74) is 3.77. The van der Waals surface area contributed by atoms with E-state index >= 15 is 0 Å². The summed E-state index contributed by atoms with van der Waals surface area (Å²) in [5, 5.41) is 2.60. The van der Waals surface area contributed by atoms with E-state index < -0.39 is 0 Å². The maximum absolute atomic E-state index is 13.5. The van der Waals surface area contributed by atoms with Crippen molar-refractivity contribution >= 4 is 27.8 Å². The Morgan fingerprint density at radius 1 is 1.07 bits per heavy atom. The average Bonchev–Trinajstić information content (AvgIpc) is 3.47. The molecule has 0 spiro atoms. The van der Waals surface area contributed by atoms with E-state index in [4.69, 9.17) is 4.84 Å². The second-order valence-corrected chi connectivity index (χ2v) is 8.17. The van der Waals surface area contributed by atoms with Crippen LogP contribution in [0.4, 0.5) is 0 Å². The molecule has 1 aliphatic heterocycles. The number of fused-ring (bicyclic) bond motifs is 3. The number of aromatic nitrogens is 4. The highest BCUT2D eigenvalue weighted by Crippen LogP contribution is 2.38. The Hall–Kier alpha value is -3.19. The van der Waals surface area contributed by atoms with Gasteiger partial charge in [0.05, 0.1) is 23.2 Å². The number of nitrogens with zero attached hydrogens (tertiary/aromatic N) is 5. The summed E-state index contributed by atoms with van der Waals surface area (Å²) in [6.07, 6.45) is 7.89. The van der Waals surface area contributed by atoms with Crippen LogP contribution in [0.2, 0.25) is 0 Å². The summed E-state index contributed by atoms with van der Waals surface area (Å²) in [7, 11) is 0. The lowest BCUT2D eigenvalue weighted by atomic mass is 10.2. The van der Waals surface area contributed by atoms with Crippen LogP contribution in [-0.2, 0) is 11.4 Å². The molecule has 3 aromatic heterocycles. The summed E-state index contributed by atoms with van der Waals surface area (Å²) in [4.78, 5) is 28.1. The molecule has 1 aliphatic carbocycles. The summed E-state index contributed by atoms with van der Waals surface area (Å²) in [6.45, 7) is 2.15. The number of carbonyl (C=O) groups is 1. The maximum atomic E-state index is 13.5. The predicted octanol–water partition coefficient (Wildman–Crippen LogP) is 3.95. The molecular weight excluding hydrogens is 378 g/mol. The van der Waals surface area contributed by atoms with Crippen LogP contribution in [0, 0.1) is 5.92 Å². The van der Waals surface area contributed by atoms with Crippen molar-refractivity contribution in [1.29, 1.82) is 0 Å². The number of hydrogen-bond donors (Lipinski definition) is 0. The quantitative estimate of drug-likeness (QED) is 0.519. The largest absolute Gasteiger partial charge is 0.339 e. The summed E-state index contributed by atoms with van der Waals surface area (Å²) < 4.78 is 4.26. The van der Waals surface area contributed by atoms with Crippen LogP contribution in [0.1, 0.15) is 36.2 Å². The van der Waals surface area contributed by atoms with Crippen molar-refractivity contribution in [1.82, 2.24) is 24.2 Å². The zero-order valence-corrected chi connectivity index (χ0v) is 16.7. The van der Waals surface area contributed by atoms with Crippen molar-refractivity contribution in [2.45, 2.75) is 32.2 Å². The van der Waals surface area contributed by atoms with Crippen molar-refractivity contribution in [2.75, 3.05) is 13.2 Å². The van der Waals surface area contributed by atoms with Gasteiger partial charge in [0, 0.05) is 30.9 Å². The molecule has 0 bridgehead atoms. The van der Waals surface area contributed by atoms with Crippen LogP contribution >= 0.6 is 0 Å². The van der Waals surface area contributed by atoms with Crippen molar-refractivity contribution < 1.29 is 9.63 Å². The van der Waals surface area contributed by atoms with E-state index in [2.05, 4.69) is 32.7 Å². The van der Waals surface area contributed by atoms with Gasteiger partial charge >= 0.3 is 0 Å². The molecule has 0 atom stereocenters. The number of para-hydroxylation sites is 1. The van der Waals surface area contributed by atoms with Gasteiger partial charge in [0.25, 0.3) is 5.91 Å². The van der Waals surface area contributed by atoms with Crippen LogP contribution in [-0.4, -0.2) is 43.2 Å². The minimum absolute atomic E-state index is 0.139. The first-order valence-electron chi connectivity index (χ1n) is 10.7. The van der Waals surface area contributed by atoms with Crippen LogP contribution < -0.4 is 0 Å². The van der Waals surface area contributed by atoms with Gasteiger partial charge < -0.3 is 4.57 Å². The fourth-order valence-electron chi connectivity index (χ4n) is 4.41. The highest BCUT2D eigenvalue weighted by atomic mass is 16.7. The summed E-state index contributed by atoms with van der Waals surface area (Å²) >= 11 is 0. The van der Waals surface area contributed by atoms with Crippen LogP contribution in [0.15, 0.2) is 48.8 Å². The smallest absolute Gasteiger partial charge is 0.294 e. The molecule has 0 N–H and O–H groups in total. The van der Waals surface area contributed by atoms with Gasteiger partial charge in [-0.15, -0.1) is 0 Å². The Morgan fingerprint density at radius 3 is 2.67 bits per heavy atom. The molecule has 1 aromatic carbocycles. The standard InChI is InChI=1S/C23H23N5O2/c29-22(27-12-3-4-13-30-27)20-14-19-21(28(20)23-24-10-5-11-25-23)17-6-1-2-7-18(17)26(19)15-16-8-9-16/h1-2,5-7,10-11,14,16H,3-4,8-9,12-13,15H2. The summed E-state index contributed by atoms with van der Waals surface area (Å²) in [5.74, 6) is 1.08. The molecule has 2 fully saturated rings. The molecule has 7 nitrogen and oxygen atoms in total. The summed E-state index contributed by atoms with van der Waals surface area (Å²) in [6, 6.07) is 12.2. The van der Waals surface area contributed by atoms with E-state index in [1.54, 1.807) is 18.5 Å². The van der Waals surface area contributed by atoms with Crippen LogP contribution in [0.25, 0.3) is 27.9 Å². The minimum atomic E-state index is -0.139. The van der Waals surface area contributed by atoms with Crippen molar-refractivity contribution in [3.05, 3.63) is 54.5 Å². The lowest BCUT2D eigenvalue weighted by Gasteiger charge is -2.26. The highest BCUT2D eigenvalue weighted by Gasteiger charge is 2.30. The zero-order valence-electron chi connectivity index (χ0n) is 16.7. The van der Waals surface area contributed by atoms with Crippen molar-refractivity contribution in [2.24, 2.45) is 5.92 Å². The average molecular weight is 401 g/mol. The third-order valence-corrected chi connectivity index (χ3v) is 6.06. The lowest BCUT2D eigenvalue weighted by Crippen LogP contribution is -2.36. The van der Waals surface area contributed by atoms with Crippen LogP contribution in [0.5, 0.6) is 0 Å². The Bertz CT molecular complexity index is 1230. The number of benzene rings is 1. The van der Waals surface area contributed by atoms with Gasteiger partial charge in [0.2, 0.25) is 5.95 Å². The van der Waals surface area contributed by atoms with E-state index in [0.29, 0.717) is 30.7 Å². The van der Waals surface area contributed by atoms with E-state index in [1.165, 1.54) is 23.4 Å². The number of hydroxylamine groups is 2. The lowest BCUT2D eigenvalue weighted by molar-refractivity contribution is -0.144. The van der Waals surface area contributed by atoms with Crippen LogP contribution in [0.3, 0.4) is 0 Å². The van der Waals surface area contributed by atoms with Gasteiger partial charge in [-0.3, -0.25) is 14.2 Å². The molecule has 1 saturated heterocycles. The SMILES string of the molecule is O=C(c1cc2c(c3ccccc3n2CC2CC2)n1-c1ncccn1)N1CCCCO1. The number of amides is 1. The van der Waals surface area contributed by atoms with E-state index in [0.717, 1.165) is 35.8 Å². The molecule has 30 heavy (non-hydrogen) atoms. The third kappa shape index (κ3) is 2.81. The number of hydrogen-bond acceptors (Lipinski definition) is 4. The van der Waals surface area contributed by atoms with E-state index in [1.807, 2.05) is 16.7 Å². The Balaban J connectivity index is 1.62. The molecule has 2 aliphatic rings.